The molecule has 3 nitrogen and oxygen atoms in total. The van der Waals surface area contributed by atoms with Crippen molar-refractivity contribution >= 4 is 5.97 Å². The number of carboxylic acids is 1. The smallest absolute Gasteiger partial charge is 0.335 e. The monoisotopic (exact) mass is 258 g/mol. The first-order chi connectivity index (χ1) is 9.25. The summed E-state index contributed by atoms with van der Waals surface area (Å²) >= 11 is 0. The lowest BCUT2D eigenvalue weighted by molar-refractivity contribution is 0.0688. The number of hydrogen-bond acceptors (Lipinski definition) is 2. The summed E-state index contributed by atoms with van der Waals surface area (Å²) < 4.78 is 5.78. The summed E-state index contributed by atoms with van der Waals surface area (Å²) in [4.78, 5) is 10.7. The number of hydrogen-bond donors (Lipinski definition) is 1. The first kappa shape index (κ1) is 13.6. The molecule has 0 amide bonds. The van der Waals surface area contributed by atoms with Gasteiger partial charge < -0.3 is 9.84 Å². The largest absolute Gasteiger partial charge is 0.478 e. The Morgan fingerprint density at radius 2 is 2.05 bits per heavy atom. The van der Waals surface area contributed by atoms with Gasteiger partial charge in [-0.2, -0.15) is 0 Å². The molecule has 1 aliphatic rings. The molecule has 0 fully saturated rings. The lowest BCUT2D eigenvalue weighted by atomic mass is 10.1. The van der Waals surface area contributed by atoms with Crippen LogP contribution in [0.3, 0.4) is 0 Å². The van der Waals surface area contributed by atoms with Crippen molar-refractivity contribution in [2.75, 3.05) is 0 Å². The van der Waals surface area contributed by atoms with Gasteiger partial charge in [-0.25, -0.2) is 4.79 Å². The summed E-state index contributed by atoms with van der Waals surface area (Å²) in [6.45, 7) is 0.485. The Morgan fingerprint density at radius 3 is 2.79 bits per heavy atom. The third-order valence-electron chi connectivity index (χ3n) is 3.18. The van der Waals surface area contributed by atoms with Crippen molar-refractivity contribution in [3.8, 4) is 11.8 Å². The van der Waals surface area contributed by atoms with Crippen LogP contribution in [0.1, 0.15) is 48.0 Å². The maximum atomic E-state index is 10.7. The molecule has 0 heterocycles. The topological polar surface area (TPSA) is 46.5 Å². The molecular formula is C16H18O3. The van der Waals surface area contributed by atoms with Crippen molar-refractivity contribution in [1.82, 2.24) is 0 Å². The number of carboxylic acid groups (broad SMARTS) is 1. The van der Waals surface area contributed by atoms with E-state index in [-0.39, 0.29) is 6.10 Å². The number of benzene rings is 1. The molecule has 0 radical (unpaired) electrons. The highest BCUT2D eigenvalue weighted by atomic mass is 16.5. The van der Waals surface area contributed by atoms with E-state index in [0.29, 0.717) is 12.2 Å². The van der Waals surface area contributed by atoms with E-state index in [1.807, 2.05) is 0 Å². The quantitative estimate of drug-likeness (QED) is 0.843. The molecule has 19 heavy (non-hydrogen) atoms. The lowest BCUT2D eigenvalue weighted by Gasteiger charge is -2.13. The maximum Gasteiger partial charge on any atom is 0.335 e. The molecule has 100 valence electrons. The fourth-order valence-electron chi connectivity index (χ4n) is 2.04. The summed E-state index contributed by atoms with van der Waals surface area (Å²) in [5.74, 6) is 5.40. The van der Waals surface area contributed by atoms with E-state index in [0.717, 1.165) is 24.8 Å². The van der Waals surface area contributed by atoms with Gasteiger partial charge in [-0.15, -0.1) is 5.92 Å². The van der Waals surface area contributed by atoms with Crippen LogP contribution in [0.4, 0.5) is 0 Å². The van der Waals surface area contributed by atoms with Gasteiger partial charge in [0, 0.05) is 6.42 Å². The van der Waals surface area contributed by atoms with E-state index in [1.54, 1.807) is 24.3 Å². The molecule has 1 aromatic carbocycles. The molecule has 2 rings (SSSR count). The van der Waals surface area contributed by atoms with Gasteiger partial charge >= 0.3 is 5.97 Å². The highest BCUT2D eigenvalue weighted by molar-refractivity contribution is 5.87. The van der Waals surface area contributed by atoms with E-state index < -0.39 is 5.97 Å². The van der Waals surface area contributed by atoms with Crippen LogP contribution in [0, 0.1) is 11.8 Å². The van der Waals surface area contributed by atoms with Crippen LogP contribution in [-0.4, -0.2) is 17.2 Å². The molecule has 1 atom stereocenters. The van der Waals surface area contributed by atoms with Crippen LogP contribution in [0.2, 0.25) is 0 Å². The molecular weight excluding hydrogens is 240 g/mol. The minimum absolute atomic E-state index is 0.0134. The Bertz CT molecular complexity index is 479. The molecule has 1 aliphatic carbocycles. The van der Waals surface area contributed by atoms with Gasteiger partial charge in [0.05, 0.1) is 12.2 Å². The molecule has 0 spiro atoms. The molecule has 1 unspecified atom stereocenters. The molecule has 0 saturated heterocycles. The van der Waals surface area contributed by atoms with E-state index in [2.05, 4.69) is 11.8 Å². The molecule has 0 aliphatic heterocycles. The van der Waals surface area contributed by atoms with Gasteiger partial charge in [0.2, 0.25) is 0 Å². The van der Waals surface area contributed by atoms with Gasteiger partial charge in [-0.05, 0) is 37.0 Å². The van der Waals surface area contributed by atoms with E-state index >= 15 is 0 Å². The Kier molecular flexibility index (Phi) is 5.00. The van der Waals surface area contributed by atoms with Crippen LogP contribution in [0.5, 0.6) is 0 Å². The molecule has 1 N–H and O–H groups in total. The average Bonchev–Trinajstić information content (AvgIpc) is 2.38. The van der Waals surface area contributed by atoms with Crippen molar-refractivity contribution in [2.24, 2.45) is 0 Å². The van der Waals surface area contributed by atoms with Gasteiger partial charge in [-0.1, -0.05) is 24.5 Å². The SMILES string of the molecule is O=C(O)c1ccc(COC2C#CCCCCC2)cc1. The van der Waals surface area contributed by atoms with Gasteiger partial charge in [0.25, 0.3) is 0 Å². The number of rotatable bonds is 4. The van der Waals surface area contributed by atoms with Gasteiger partial charge in [0.1, 0.15) is 6.10 Å². The second-order valence-corrected chi connectivity index (χ2v) is 4.72. The predicted molar refractivity (Wildman–Crippen MR) is 72.8 cm³/mol. The van der Waals surface area contributed by atoms with Crippen molar-refractivity contribution in [1.29, 1.82) is 0 Å². The third kappa shape index (κ3) is 4.42. The number of aromatic carboxylic acids is 1. The lowest BCUT2D eigenvalue weighted by Crippen LogP contribution is -2.11. The van der Waals surface area contributed by atoms with Crippen molar-refractivity contribution in [3.05, 3.63) is 35.4 Å². The van der Waals surface area contributed by atoms with E-state index in [9.17, 15) is 4.79 Å². The fraction of sp³-hybridized carbons (Fsp3) is 0.438. The molecule has 3 heteroatoms. The molecule has 0 bridgehead atoms. The number of carbonyl (C=O) groups is 1. The zero-order valence-electron chi connectivity index (χ0n) is 10.9. The van der Waals surface area contributed by atoms with Crippen LogP contribution in [-0.2, 0) is 11.3 Å². The highest BCUT2D eigenvalue weighted by Crippen LogP contribution is 2.13. The van der Waals surface area contributed by atoms with E-state index in [4.69, 9.17) is 9.84 Å². The second kappa shape index (κ2) is 6.96. The van der Waals surface area contributed by atoms with Gasteiger partial charge in [-0.3, -0.25) is 0 Å². The van der Waals surface area contributed by atoms with Crippen molar-refractivity contribution < 1.29 is 14.6 Å². The second-order valence-electron chi connectivity index (χ2n) is 4.72. The highest BCUT2D eigenvalue weighted by Gasteiger charge is 2.08. The fourth-order valence-corrected chi connectivity index (χ4v) is 2.04. The molecule has 1 aromatic rings. The third-order valence-corrected chi connectivity index (χ3v) is 3.18. The summed E-state index contributed by atoms with van der Waals surface area (Å²) in [5.41, 5.74) is 1.28. The molecule has 0 aromatic heterocycles. The minimum Gasteiger partial charge on any atom is -0.478 e. The van der Waals surface area contributed by atoms with Crippen LogP contribution >= 0.6 is 0 Å². The summed E-state index contributed by atoms with van der Waals surface area (Å²) in [6, 6.07) is 6.79. The Hall–Kier alpha value is -1.79. The van der Waals surface area contributed by atoms with Crippen LogP contribution < -0.4 is 0 Å². The average molecular weight is 258 g/mol. The maximum absolute atomic E-state index is 10.7. The van der Waals surface area contributed by atoms with E-state index in [1.165, 1.54) is 12.8 Å². The zero-order chi connectivity index (χ0) is 13.5. The summed E-state index contributed by atoms with van der Waals surface area (Å²) in [7, 11) is 0. The summed E-state index contributed by atoms with van der Waals surface area (Å²) in [5, 5.41) is 8.82. The summed E-state index contributed by atoms with van der Waals surface area (Å²) in [6.07, 6.45) is 5.54. The Balaban J connectivity index is 1.88. The predicted octanol–water partition coefficient (Wildman–Crippen LogP) is 3.24. The molecule has 0 saturated carbocycles. The Morgan fingerprint density at radius 1 is 1.26 bits per heavy atom. The first-order valence-electron chi connectivity index (χ1n) is 6.68. The zero-order valence-corrected chi connectivity index (χ0v) is 10.9. The Labute approximate surface area is 113 Å². The van der Waals surface area contributed by atoms with Gasteiger partial charge in [0.15, 0.2) is 0 Å². The number of ether oxygens (including phenoxy) is 1. The normalized spacial score (nSPS) is 18.8. The standard InChI is InChI=1S/C16H18O3/c17-16(18)14-10-8-13(9-11-14)12-19-15-6-4-2-1-3-5-7-15/h8-11,15H,1-4,6,12H2,(H,17,18). The minimum atomic E-state index is -0.904. The van der Waals surface area contributed by atoms with Crippen LogP contribution in [0.15, 0.2) is 24.3 Å². The van der Waals surface area contributed by atoms with Crippen molar-refractivity contribution in [3.63, 3.8) is 0 Å². The van der Waals surface area contributed by atoms with Crippen molar-refractivity contribution in [2.45, 2.75) is 44.8 Å². The first-order valence-corrected chi connectivity index (χ1v) is 6.68. The van der Waals surface area contributed by atoms with Crippen LogP contribution in [0.25, 0.3) is 0 Å².